The first-order valence-electron chi connectivity index (χ1n) is 6.23. The summed E-state index contributed by atoms with van der Waals surface area (Å²) in [4.78, 5) is 15.9. The van der Waals surface area contributed by atoms with E-state index in [0.29, 0.717) is 13.1 Å². The minimum atomic E-state index is -0.518. The topological polar surface area (TPSA) is 51.2 Å². The van der Waals surface area contributed by atoms with Gasteiger partial charge in [-0.15, -0.1) is 0 Å². The van der Waals surface area contributed by atoms with Crippen molar-refractivity contribution in [3.8, 4) is 0 Å². The highest BCUT2D eigenvalue weighted by atomic mass is 16.5. The van der Waals surface area contributed by atoms with Gasteiger partial charge in [0.1, 0.15) is 0 Å². The lowest BCUT2D eigenvalue weighted by Gasteiger charge is -2.22. The minimum Gasteiger partial charge on any atom is -0.469 e. The number of carbonyl (C=O) groups is 1. The summed E-state index contributed by atoms with van der Waals surface area (Å²) in [5, 5.41) is 3.27. The van der Waals surface area contributed by atoms with Crippen LogP contribution in [0.3, 0.4) is 0 Å². The zero-order chi connectivity index (χ0) is 13.6. The van der Waals surface area contributed by atoms with Crippen LogP contribution in [0.15, 0.2) is 18.3 Å². The molecule has 0 aliphatic carbocycles. The fraction of sp³-hybridized carbons (Fsp3) is 0.571. The second-order valence-corrected chi connectivity index (χ2v) is 4.94. The molecule has 1 heterocycles. The SMILES string of the molecule is CCc1cccnc1CNCC(C)(C)C(=O)OC. The number of nitrogens with one attached hydrogen (secondary N) is 1. The summed E-state index contributed by atoms with van der Waals surface area (Å²) < 4.78 is 4.77. The molecule has 0 aromatic carbocycles. The molecule has 0 aliphatic heterocycles. The number of carbonyl (C=O) groups excluding carboxylic acids is 1. The molecule has 100 valence electrons. The molecular weight excluding hydrogens is 228 g/mol. The van der Waals surface area contributed by atoms with Crippen molar-refractivity contribution < 1.29 is 9.53 Å². The van der Waals surface area contributed by atoms with Crippen LogP contribution in [-0.2, 0) is 22.5 Å². The Labute approximate surface area is 109 Å². The van der Waals surface area contributed by atoms with Crippen LogP contribution in [0.25, 0.3) is 0 Å². The molecule has 0 saturated heterocycles. The number of hydrogen-bond donors (Lipinski definition) is 1. The molecular formula is C14H22N2O2. The number of esters is 1. The van der Waals surface area contributed by atoms with Crippen LogP contribution in [-0.4, -0.2) is 24.6 Å². The fourth-order valence-electron chi connectivity index (χ4n) is 1.79. The normalized spacial score (nSPS) is 11.3. The van der Waals surface area contributed by atoms with Gasteiger partial charge in [-0.2, -0.15) is 0 Å². The van der Waals surface area contributed by atoms with Gasteiger partial charge >= 0.3 is 5.97 Å². The molecule has 0 bridgehead atoms. The molecule has 0 saturated carbocycles. The molecule has 1 N–H and O–H groups in total. The van der Waals surface area contributed by atoms with Gasteiger partial charge in [-0.25, -0.2) is 0 Å². The Bertz CT molecular complexity index is 403. The van der Waals surface area contributed by atoms with E-state index in [0.717, 1.165) is 12.1 Å². The number of methoxy groups -OCH3 is 1. The Morgan fingerprint density at radius 3 is 2.83 bits per heavy atom. The van der Waals surface area contributed by atoms with Crippen molar-refractivity contribution in [1.29, 1.82) is 0 Å². The first kappa shape index (κ1) is 14.6. The fourth-order valence-corrected chi connectivity index (χ4v) is 1.79. The van der Waals surface area contributed by atoms with Crippen LogP contribution in [0.4, 0.5) is 0 Å². The van der Waals surface area contributed by atoms with E-state index in [4.69, 9.17) is 4.74 Å². The summed E-state index contributed by atoms with van der Waals surface area (Å²) in [5.74, 6) is -0.202. The Balaban J connectivity index is 2.54. The number of rotatable bonds is 6. The van der Waals surface area contributed by atoms with Gasteiger partial charge in [0.05, 0.1) is 18.2 Å². The maximum Gasteiger partial charge on any atom is 0.312 e. The summed E-state index contributed by atoms with van der Waals surface area (Å²) >= 11 is 0. The van der Waals surface area contributed by atoms with E-state index in [1.54, 1.807) is 6.20 Å². The first-order valence-corrected chi connectivity index (χ1v) is 6.23. The third kappa shape index (κ3) is 3.81. The van der Waals surface area contributed by atoms with Crippen molar-refractivity contribution in [2.45, 2.75) is 33.7 Å². The average Bonchev–Trinajstić information content (AvgIpc) is 2.38. The Morgan fingerprint density at radius 1 is 1.50 bits per heavy atom. The largest absolute Gasteiger partial charge is 0.469 e. The van der Waals surface area contributed by atoms with Crippen LogP contribution in [0.5, 0.6) is 0 Å². The van der Waals surface area contributed by atoms with E-state index >= 15 is 0 Å². The number of aryl methyl sites for hydroxylation is 1. The predicted molar refractivity (Wildman–Crippen MR) is 71.1 cm³/mol. The van der Waals surface area contributed by atoms with Crippen LogP contribution < -0.4 is 5.32 Å². The van der Waals surface area contributed by atoms with Gasteiger partial charge in [0.15, 0.2) is 0 Å². The van der Waals surface area contributed by atoms with Crippen molar-refractivity contribution in [3.63, 3.8) is 0 Å². The number of nitrogens with zero attached hydrogens (tertiary/aromatic N) is 1. The summed E-state index contributed by atoms with van der Waals surface area (Å²) in [6, 6.07) is 4.02. The Hall–Kier alpha value is -1.42. The van der Waals surface area contributed by atoms with E-state index in [2.05, 4.69) is 23.3 Å². The molecule has 0 aliphatic rings. The monoisotopic (exact) mass is 250 g/mol. The molecule has 1 rings (SSSR count). The molecule has 18 heavy (non-hydrogen) atoms. The zero-order valence-corrected chi connectivity index (χ0v) is 11.6. The molecule has 0 atom stereocenters. The standard InChI is InChI=1S/C14H22N2O2/c1-5-11-7-6-8-16-12(11)9-15-10-14(2,3)13(17)18-4/h6-8,15H,5,9-10H2,1-4H3. The van der Waals surface area contributed by atoms with Gasteiger partial charge in [-0.3, -0.25) is 9.78 Å². The van der Waals surface area contributed by atoms with Gasteiger partial charge in [0.25, 0.3) is 0 Å². The van der Waals surface area contributed by atoms with Crippen molar-refractivity contribution >= 4 is 5.97 Å². The minimum absolute atomic E-state index is 0.202. The first-order chi connectivity index (χ1) is 8.51. The number of hydrogen-bond acceptors (Lipinski definition) is 4. The van der Waals surface area contributed by atoms with Gasteiger partial charge in [0, 0.05) is 19.3 Å². The molecule has 1 aromatic heterocycles. The van der Waals surface area contributed by atoms with E-state index in [9.17, 15) is 4.79 Å². The Kier molecular flexibility index (Phi) is 5.28. The highest BCUT2D eigenvalue weighted by Gasteiger charge is 2.28. The smallest absolute Gasteiger partial charge is 0.312 e. The number of ether oxygens (including phenoxy) is 1. The van der Waals surface area contributed by atoms with Crippen LogP contribution in [0.2, 0.25) is 0 Å². The summed E-state index contributed by atoms with van der Waals surface area (Å²) in [6.07, 6.45) is 2.76. The lowest BCUT2D eigenvalue weighted by Crippen LogP contribution is -2.36. The van der Waals surface area contributed by atoms with Gasteiger partial charge in [-0.05, 0) is 31.9 Å². The summed E-state index contributed by atoms with van der Waals surface area (Å²) in [7, 11) is 1.41. The van der Waals surface area contributed by atoms with Crippen molar-refractivity contribution in [3.05, 3.63) is 29.6 Å². The highest BCUT2D eigenvalue weighted by Crippen LogP contribution is 2.15. The molecule has 0 amide bonds. The van der Waals surface area contributed by atoms with Crippen molar-refractivity contribution in [1.82, 2.24) is 10.3 Å². The second-order valence-electron chi connectivity index (χ2n) is 4.94. The van der Waals surface area contributed by atoms with E-state index in [-0.39, 0.29) is 5.97 Å². The third-order valence-corrected chi connectivity index (χ3v) is 2.96. The van der Waals surface area contributed by atoms with Gasteiger partial charge < -0.3 is 10.1 Å². The number of pyridine rings is 1. The Morgan fingerprint density at radius 2 is 2.22 bits per heavy atom. The second kappa shape index (κ2) is 6.50. The summed E-state index contributed by atoms with van der Waals surface area (Å²) in [6.45, 7) is 7.08. The van der Waals surface area contributed by atoms with Crippen LogP contribution in [0, 0.1) is 5.41 Å². The van der Waals surface area contributed by atoms with Crippen LogP contribution >= 0.6 is 0 Å². The van der Waals surface area contributed by atoms with Crippen molar-refractivity contribution in [2.24, 2.45) is 5.41 Å². The van der Waals surface area contributed by atoms with E-state index in [1.807, 2.05) is 19.9 Å². The quantitative estimate of drug-likeness (QED) is 0.784. The average molecular weight is 250 g/mol. The van der Waals surface area contributed by atoms with E-state index in [1.165, 1.54) is 12.7 Å². The molecule has 0 unspecified atom stereocenters. The summed E-state index contributed by atoms with van der Waals surface area (Å²) in [5.41, 5.74) is 1.76. The highest BCUT2D eigenvalue weighted by molar-refractivity contribution is 5.76. The molecule has 0 spiro atoms. The predicted octanol–water partition coefficient (Wildman–Crippen LogP) is 1.93. The molecule has 4 nitrogen and oxygen atoms in total. The molecule has 4 heteroatoms. The maximum atomic E-state index is 11.5. The molecule has 0 fully saturated rings. The van der Waals surface area contributed by atoms with Crippen LogP contribution in [0.1, 0.15) is 32.0 Å². The zero-order valence-electron chi connectivity index (χ0n) is 11.6. The maximum absolute atomic E-state index is 11.5. The van der Waals surface area contributed by atoms with Gasteiger partial charge in [0.2, 0.25) is 0 Å². The molecule has 1 aromatic rings. The lowest BCUT2D eigenvalue weighted by molar-refractivity contribution is -0.150. The molecule has 0 radical (unpaired) electrons. The van der Waals surface area contributed by atoms with Gasteiger partial charge in [-0.1, -0.05) is 13.0 Å². The van der Waals surface area contributed by atoms with Crippen molar-refractivity contribution in [2.75, 3.05) is 13.7 Å². The number of aromatic nitrogens is 1. The van der Waals surface area contributed by atoms with E-state index < -0.39 is 5.41 Å². The lowest BCUT2D eigenvalue weighted by atomic mass is 9.94. The third-order valence-electron chi connectivity index (χ3n) is 2.96.